The van der Waals surface area contributed by atoms with Gasteiger partial charge in [-0.3, -0.25) is 10.1 Å². The lowest BCUT2D eigenvalue weighted by atomic mass is 9.90. The summed E-state index contributed by atoms with van der Waals surface area (Å²) in [6, 6.07) is 4.09. The summed E-state index contributed by atoms with van der Waals surface area (Å²) in [5.74, 6) is -0.849. The molecule has 0 atom stereocenters. The summed E-state index contributed by atoms with van der Waals surface area (Å²) < 4.78 is 5.54. The number of carboxylic acids is 1. The molecule has 0 unspecified atom stereocenters. The van der Waals surface area contributed by atoms with Crippen molar-refractivity contribution in [3.8, 4) is 5.75 Å². The van der Waals surface area contributed by atoms with Gasteiger partial charge >= 0.3 is 5.97 Å². The Hall–Kier alpha value is -2.11. The zero-order valence-electron chi connectivity index (χ0n) is 11.1. The second-order valence-corrected chi connectivity index (χ2v) is 5.03. The number of nitrogens with zero attached hydrogens (tertiary/aromatic N) is 1. The summed E-state index contributed by atoms with van der Waals surface area (Å²) in [6.07, 6.45) is 5.69. The van der Waals surface area contributed by atoms with Crippen molar-refractivity contribution in [1.29, 1.82) is 0 Å². The van der Waals surface area contributed by atoms with Gasteiger partial charge in [0.25, 0.3) is 5.69 Å². The zero-order valence-corrected chi connectivity index (χ0v) is 11.1. The molecule has 1 aliphatic rings. The number of rotatable bonds is 5. The molecule has 1 aromatic rings. The van der Waals surface area contributed by atoms with Crippen LogP contribution in [0, 0.1) is 16.0 Å². The van der Waals surface area contributed by atoms with Gasteiger partial charge in [0.15, 0.2) is 5.56 Å². The van der Waals surface area contributed by atoms with Gasteiger partial charge in [0.1, 0.15) is 5.75 Å². The fourth-order valence-electron chi connectivity index (χ4n) is 2.57. The van der Waals surface area contributed by atoms with E-state index >= 15 is 0 Å². The maximum Gasteiger partial charge on any atom is 0.346 e. The van der Waals surface area contributed by atoms with Gasteiger partial charge in [-0.05, 0) is 24.8 Å². The average Bonchev–Trinajstić information content (AvgIpc) is 2.45. The van der Waals surface area contributed by atoms with Crippen LogP contribution in [0.2, 0.25) is 0 Å². The summed E-state index contributed by atoms with van der Waals surface area (Å²) in [5.41, 5.74) is -0.799. The molecule has 2 rings (SSSR count). The van der Waals surface area contributed by atoms with E-state index in [2.05, 4.69) is 0 Å². The number of carbonyl (C=O) groups is 1. The van der Waals surface area contributed by atoms with Crippen LogP contribution in [0.4, 0.5) is 5.69 Å². The molecule has 0 radical (unpaired) electrons. The summed E-state index contributed by atoms with van der Waals surface area (Å²) in [5, 5.41) is 20.0. The molecule has 1 aliphatic carbocycles. The Morgan fingerprint density at radius 1 is 1.35 bits per heavy atom. The van der Waals surface area contributed by atoms with Crippen molar-refractivity contribution in [2.75, 3.05) is 6.61 Å². The van der Waals surface area contributed by atoms with Crippen LogP contribution in [-0.4, -0.2) is 22.6 Å². The van der Waals surface area contributed by atoms with Gasteiger partial charge in [0.2, 0.25) is 0 Å². The van der Waals surface area contributed by atoms with E-state index in [4.69, 9.17) is 9.84 Å². The van der Waals surface area contributed by atoms with Crippen LogP contribution < -0.4 is 4.74 Å². The third-order valence-electron chi connectivity index (χ3n) is 3.61. The largest absolute Gasteiger partial charge is 0.492 e. The van der Waals surface area contributed by atoms with Crippen LogP contribution in [0.15, 0.2) is 18.2 Å². The number of ether oxygens (including phenoxy) is 1. The topological polar surface area (TPSA) is 89.7 Å². The zero-order chi connectivity index (χ0) is 14.5. The Labute approximate surface area is 116 Å². The first-order chi connectivity index (χ1) is 9.59. The molecule has 0 saturated heterocycles. The number of hydrogen-bond donors (Lipinski definition) is 1. The van der Waals surface area contributed by atoms with E-state index < -0.39 is 16.6 Å². The van der Waals surface area contributed by atoms with Gasteiger partial charge in [0.05, 0.1) is 11.5 Å². The number of nitro benzene ring substituents is 1. The Morgan fingerprint density at radius 2 is 2.05 bits per heavy atom. The molecule has 6 nitrogen and oxygen atoms in total. The number of aromatic carboxylic acids is 1. The van der Waals surface area contributed by atoms with Crippen LogP contribution in [0.25, 0.3) is 0 Å². The molecule has 0 heterocycles. The van der Waals surface area contributed by atoms with E-state index in [0.29, 0.717) is 12.5 Å². The van der Waals surface area contributed by atoms with Crippen molar-refractivity contribution in [2.45, 2.75) is 32.1 Å². The molecule has 6 heteroatoms. The van der Waals surface area contributed by atoms with Crippen LogP contribution in [0.3, 0.4) is 0 Å². The molecule has 1 N–H and O–H groups in total. The van der Waals surface area contributed by atoms with Crippen molar-refractivity contribution in [2.24, 2.45) is 5.92 Å². The monoisotopic (exact) mass is 279 g/mol. The van der Waals surface area contributed by atoms with Crippen LogP contribution >= 0.6 is 0 Å². The molecular weight excluding hydrogens is 262 g/mol. The predicted octanol–water partition coefficient (Wildman–Crippen LogP) is 3.25. The molecule has 0 aromatic heterocycles. The molecule has 108 valence electrons. The van der Waals surface area contributed by atoms with E-state index in [0.717, 1.165) is 25.7 Å². The normalized spacial score (nSPS) is 15.8. The minimum absolute atomic E-state index is 0.0808. The van der Waals surface area contributed by atoms with Crippen molar-refractivity contribution in [3.05, 3.63) is 33.9 Å². The lowest BCUT2D eigenvalue weighted by Gasteiger charge is -2.22. The summed E-state index contributed by atoms with van der Waals surface area (Å²) in [7, 11) is 0. The van der Waals surface area contributed by atoms with E-state index in [9.17, 15) is 14.9 Å². The highest BCUT2D eigenvalue weighted by Crippen LogP contribution is 2.30. The number of carboxylic acid groups (broad SMARTS) is 1. The van der Waals surface area contributed by atoms with Crippen LogP contribution in [-0.2, 0) is 0 Å². The standard InChI is InChI=1S/C14H17NO5/c16-14(17)13-11(15(18)19)7-4-8-12(13)20-9-10-5-2-1-3-6-10/h4,7-8,10H,1-3,5-6,9H2,(H,16,17). The van der Waals surface area contributed by atoms with Crippen LogP contribution in [0.1, 0.15) is 42.5 Å². The highest BCUT2D eigenvalue weighted by Gasteiger charge is 2.25. The Balaban J connectivity index is 2.16. The van der Waals surface area contributed by atoms with E-state index in [1.54, 1.807) is 0 Å². The maximum absolute atomic E-state index is 11.2. The Bertz CT molecular complexity index is 508. The summed E-state index contributed by atoms with van der Waals surface area (Å²) in [4.78, 5) is 21.4. The lowest BCUT2D eigenvalue weighted by Crippen LogP contribution is -2.16. The number of nitro groups is 1. The van der Waals surface area contributed by atoms with Crippen LogP contribution in [0.5, 0.6) is 5.75 Å². The fourth-order valence-corrected chi connectivity index (χ4v) is 2.57. The molecule has 0 amide bonds. The second kappa shape index (κ2) is 6.36. The quantitative estimate of drug-likeness (QED) is 0.660. The molecule has 1 saturated carbocycles. The van der Waals surface area contributed by atoms with Gasteiger partial charge in [0, 0.05) is 6.07 Å². The molecular formula is C14H17NO5. The highest BCUT2D eigenvalue weighted by molar-refractivity contribution is 5.95. The van der Waals surface area contributed by atoms with Crippen molar-refractivity contribution >= 4 is 11.7 Å². The van der Waals surface area contributed by atoms with Gasteiger partial charge in [-0.15, -0.1) is 0 Å². The van der Waals surface area contributed by atoms with Gasteiger partial charge in [-0.2, -0.15) is 0 Å². The molecule has 20 heavy (non-hydrogen) atoms. The second-order valence-electron chi connectivity index (χ2n) is 5.03. The van der Waals surface area contributed by atoms with Crippen molar-refractivity contribution < 1.29 is 19.6 Å². The molecule has 1 aromatic carbocycles. The Kier molecular flexibility index (Phi) is 4.55. The first-order valence-electron chi connectivity index (χ1n) is 6.73. The fraction of sp³-hybridized carbons (Fsp3) is 0.500. The SMILES string of the molecule is O=C(O)c1c(OCC2CCCCC2)cccc1[N+](=O)[O-]. The Morgan fingerprint density at radius 3 is 2.65 bits per heavy atom. The van der Waals surface area contributed by atoms with E-state index in [-0.39, 0.29) is 11.3 Å². The molecule has 1 fully saturated rings. The lowest BCUT2D eigenvalue weighted by molar-refractivity contribution is -0.385. The maximum atomic E-state index is 11.2. The first-order valence-corrected chi connectivity index (χ1v) is 6.73. The first kappa shape index (κ1) is 14.3. The average molecular weight is 279 g/mol. The summed E-state index contributed by atoms with van der Waals surface area (Å²) in [6.45, 7) is 0.418. The predicted molar refractivity (Wildman–Crippen MR) is 72.1 cm³/mol. The van der Waals surface area contributed by atoms with Gasteiger partial charge in [-0.1, -0.05) is 25.3 Å². The minimum atomic E-state index is -1.34. The smallest absolute Gasteiger partial charge is 0.346 e. The van der Waals surface area contributed by atoms with Gasteiger partial charge < -0.3 is 9.84 Å². The molecule has 0 spiro atoms. The van der Waals surface area contributed by atoms with E-state index in [1.807, 2.05) is 0 Å². The third-order valence-corrected chi connectivity index (χ3v) is 3.61. The third kappa shape index (κ3) is 3.26. The van der Waals surface area contributed by atoms with Crippen molar-refractivity contribution in [1.82, 2.24) is 0 Å². The number of benzene rings is 1. The van der Waals surface area contributed by atoms with Gasteiger partial charge in [-0.25, -0.2) is 4.79 Å². The molecule has 0 bridgehead atoms. The van der Waals surface area contributed by atoms with E-state index in [1.165, 1.54) is 24.6 Å². The minimum Gasteiger partial charge on any atom is -0.492 e. The molecule has 0 aliphatic heterocycles. The van der Waals surface area contributed by atoms with Crippen molar-refractivity contribution in [3.63, 3.8) is 0 Å². The summed E-state index contributed by atoms with van der Waals surface area (Å²) >= 11 is 0. The number of hydrogen-bond acceptors (Lipinski definition) is 4. The highest BCUT2D eigenvalue weighted by atomic mass is 16.6.